The SMILES string of the molecule is CCCC(C)N1C/C=C\CCC(=O)N(C)[C@@H](C)[C@H](c2ccccc2)OC(=O)[C@H]2[C@@H]3O[C@@]4(C=C3Br)[C@@H]2C(=O)N([C@@H](CO)Cc2ccccc2)[C@@H]4C1=O. The maximum Gasteiger partial charge on any atom is 0.313 e. The highest BCUT2D eigenvalue weighted by molar-refractivity contribution is 9.11. The molecule has 6 rings (SSSR count). The molecule has 3 amide bonds. The van der Waals surface area contributed by atoms with Crippen molar-refractivity contribution >= 4 is 39.6 Å². The van der Waals surface area contributed by atoms with E-state index in [9.17, 15) is 19.5 Å². The number of allylic oxidation sites excluding steroid dienone is 1. The van der Waals surface area contributed by atoms with Gasteiger partial charge in [0.1, 0.15) is 29.8 Å². The summed E-state index contributed by atoms with van der Waals surface area (Å²) in [5.41, 5.74) is 0.129. The number of halogens is 1. The second-order valence-corrected chi connectivity index (χ2v) is 15.2. The van der Waals surface area contributed by atoms with Gasteiger partial charge in [0.05, 0.1) is 24.6 Å². The predicted molar refractivity (Wildman–Crippen MR) is 195 cm³/mol. The number of carbonyl (C=O) groups excluding carboxylic acids is 4. The van der Waals surface area contributed by atoms with E-state index in [-0.39, 0.29) is 30.8 Å². The number of cyclic esters (lactones) is 1. The van der Waals surface area contributed by atoms with Gasteiger partial charge in [-0.3, -0.25) is 19.2 Å². The summed E-state index contributed by atoms with van der Waals surface area (Å²) < 4.78 is 13.7. The van der Waals surface area contributed by atoms with Crippen LogP contribution in [0.1, 0.15) is 63.7 Å². The van der Waals surface area contributed by atoms with E-state index in [0.717, 1.165) is 18.4 Å². The Morgan fingerprint density at radius 2 is 1.67 bits per heavy atom. The number of rotatable bonds is 8. The summed E-state index contributed by atoms with van der Waals surface area (Å²) in [6, 6.07) is 16.2. The number of ether oxygens (including phenoxy) is 2. The van der Waals surface area contributed by atoms with Crippen LogP contribution in [-0.2, 0) is 35.1 Å². The maximum absolute atomic E-state index is 15.1. The highest BCUT2D eigenvalue weighted by Crippen LogP contribution is 2.59. The zero-order valence-electron chi connectivity index (χ0n) is 29.7. The normalized spacial score (nSPS) is 31.7. The molecule has 0 aliphatic carbocycles. The zero-order valence-corrected chi connectivity index (χ0v) is 31.3. The van der Waals surface area contributed by atoms with Crippen molar-refractivity contribution in [3.63, 3.8) is 0 Å². The van der Waals surface area contributed by atoms with Gasteiger partial charge in [0, 0.05) is 30.5 Å². The van der Waals surface area contributed by atoms with Gasteiger partial charge in [-0.2, -0.15) is 0 Å². The average molecular weight is 763 g/mol. The summed E-state index contributed by atoms with van der Waals surface area (Å²) in [5.74, 6) is -3.65. The second kappa shape index (κ2) is 15.4. The minimum Gasteiger partial charge on any atom is -0.455 e. The number of amides is 3. The van der Waals surface area contributed by atoms with Gasteiger partial charge in [-0.05, 0) is 50.3 Å². The number of esters is 1. The van der Waals surface area contributed by atoms with Crippen molar-refractivity contribution in [1.29, 1.82) is 0 Å². The molecule has 4 aliphatic heterocycles. The number of likely N-dealkylation sites (tertiary alicyclic amines) is 1. The molecule has 9 atom stereocenters. The molecular formula is C40H48BrN3O7. The van der Waals surface area contributed by atoms with E-state index in [4.69, 9.17) is 9.47 Å². The van der Waals surface area contributed by atoms with Gasteiger partial charge in [-0.1, -0.05) is 102 Å². The number of fused-ring (bicyclic) bond motifs is 2. The van der Waals surface area contributed by atoms with Crippen LogP contribution < -0.4 is 0 Å². The van der Waals surface area contributed by atoms with Gasteiger partial charge in [0.15, 0.2) is 0 Å². The molecule has 0 saturated carbocycles. The van der Waals surface area contributed by atoms with Gasteiger partial charge in [0.25, 0.3) is 0 Å². The summed E-state index contributed by atoms with van der Waals surface area (Å²) in [7, 11) is 1.71. The summed E-state index contributed by atoms with van der Waals surface area (Å²) in [6.45, 7) is 5.76. The van der Waals surface area contributed by atoms with Gasteiger partial charge in [-0.25, -0.2) is 0 Å². The Hall–Kier alpha value is -3.80. The topological polar surface area (TPSA) is 117 Å². The van der Waals surface area contributed by atoms with E-state index in [1.807, 2.05) is 86.7 Å². The van der Waals surface area contributed by atoms with E-state index >= 15 is 4.79 Å². The molecule has 1 unspecified atom stereocenters. The first-order chi connectivity index (χ1) is 24.5. The molecule has 2 saturated heterocycles. The quantitative estimate of drug-likeness (QED) is 0.299. The Bertz CT molecular complexity index is 1670. The lowest BCUT2D eigenvalue weighted by atomic mass is 9.74. The number of aliphatic hydroxyl groups excluding tert-OH is 1. The fourth-order valence-electron chi connectivity index (χ4n) is 8.36. The largest absolute Gasteiger partial charge is 0.455 e. The Morgan fingerprint density at radius 3 is 2.33 bits per heavy atom. The molecule has 10 nitrogen and oxygen atoms in total. The molecule has 5 bridgehead atoms. The smallest absolute Gasteiger partial charge is 0.313 e. The third-order valence-electron chi connectivity index (χ3n) is 11.1. The summed E-state index contributed by atoms with van der Waals surface area (Å²) in [4.78, 5) is 63.0. The third-order valence-corrected chi connectivity index (χ3v) is 11.8. The van der Waals surface area contributed by atoms with Crippen LogP contribution >= 0.6 is 15.9 Å². The van der Waals surface area contributed by atoms with Crippen LogP contribution in [0.5, 0.6) is 0 Å². The lowest BCUT2D eigenvalue weighted by Crippen LogP contribution is -2.60. The number of hydrogen-bond donors (Lipinski definition) is 1. The van der Waals surface area contributed by atoms with E-state index in [1.165, 1.54) is 4.90 Å². The first kappa shape index (κ1) is 37.0. The van der Waals surface area contributed by atoms with Crippen molar-refractivity contribution < 1.29 is 33.8 Å². The van der Waals surface area contributed by atoms with E-state index in [1.54, 1.807) is 22.9 Å². The van der Waals surface area contributed by atoms with Crippen molar-refractivity contribution in [1.82, 2.24) is 14.7 Å². The average Bonchev–Trinajstić information content (AvgIpc) is 3.73. The molecule has 272 valence electrons. The third kappa shape index (κ3) is 6.80. The molecule has 4 heterocycles. The molecule has 0 radical (unpaired) electrons. The van der Waals surface area contributed by atoms with Crippen LogP contribution in [-0.4, -0.2) is 99.6 Å². The fraction of sp³-hybridized carbons (Fsp3) is 0.500. The Balaban J connectivity index is 1.49. The highest BCUT2D eigenvalue weighted by atomic mass is 79.9. The summed E-state index contributed by atoms with van der Waals surface area (Å²) in [5, 5.41) is 10.9. The van der Waals surface area contributed by atoms with Crippen LogP contribution in [0.4, 0.5) is 0 Å². The minimum atomic E-state index is -1.48. The van der Waals surface area contributed by atoms with E-state index in [2.05, 4.69) is 22.9 Å². The van der Waals surface area contributed by atoms with E-state index in [0.29, 0.717) is 22.9 Å². The van der Waals surface area contributed by atoms with Crippen LogP contribution in [0.25, 0.3) is 0 Å². The minimum absolute atomic E-state index is 0.105. The number of nitrogens with zero attached hydrogens (tertiary/aromatic N) is 3. The Labute approximate surface area is 308 Å². The van der Waals surface area contributed by atoms with Crippen molar-refractivity contribution in [2.45, 2.75) is 94.9 Å². The number of aliphatic hydroxyl groups is 1. The zero-order chi connectivity index (χ0) is 36.4. The number of carbonyl (C=O) groups is 4. The number of hydrogen-bond acceptors (Lipinski definition) is 7. The maximum atomic E-state index is 15.1. The lowest BCUT2D eigenvalue weighted by Gasteiger charge is -2.40. The van der Waals surface area contributed by atoms with Gasteiger partial charge < -0.3 is 29.3 Å². The molecular weight excluding hydrogens is 714 g/mol. The van der Waals surface area contributed by atoms with Crippen molar-refractivity contribution in [2.75, 3.05) is 20.2 Å². The van der Waals surface area contributed by atoms with Crippen LogP contribution in [0.15, 0.2) is 83.4 Å². The number of likely N-dealkylation sites (N-methyl/N-ethyl adjacent to an activating group) is 1. The van der Waals surface area contributed by atoms with Crippen LogP contribution in [0.2, 0.25) is 0 Å². The van der Waals surface area contributed by atoms with Gasteiger partial charge in [0.2, 0.25) is 17.7 Å². The molecule has 1 N–H and O–H groups in total. The second-order valence-electron chi connectivity index (χ2n) is 14.3. The first-order valence-corrected chi connectivity index (χ1v) is 18.8. The summed E-state index contributed by atoms with van der Waals surface area (Å²) >= 11 is 3.64. The van der Waals surface area contributed by atoms with Gasteiger partial charge >= 0.3 is 5.97 Å². The lowest BCUT2D eigenvalue weighted by molar-refractivity contribution is -0.164. The van der Waals surface area contributed by atoms with Crippen molar-refractivity contribution in [2.24, 2.45) is 11.8 Å². The highest BCUT2D eigenvalue weighted by Gasteiger charge is 2.75. The Morgan fingerprint density at radius 1 is 0.980 bits per heavy atom. The molecule has 1 spiro atoms. The fourth-order valence-corrected chi connectivity index (χ4v) is 9.10. The monoisotopic (exact) mass is 761 g/mol. The Kier molecular flexibility index (Phi) is 11.2. The molecule has 2 fully saturated rings. The number of benzene rings is 2. The van der Waals surface area contributed by atoms with Gasteiger partial charge in [-0.15, -0.1) is 0 Å². The van der Waals surface area contributed by atoms with Crippen molar-refractivity contribution in [3.05, 3.63) is 94.5 Å². The van der Waals surface area contributed by atoms with Crippen LogP contribution in [0.3, 0.4) is 0 Å². The molecule has 0 aromatic heterocycles. The first-order valence-electron chi connectivity index (χ1n) is 18.0. The molecule has 11 heteroatoms. The molecule has 2 aromatic carbocycles. The summed E-state index contributed by atoms with van der Waals surface area (Å²) in [6.07, 6.45) is 6.49. The van der Waals surface area contributed by atoms with E-state index < -0.39 is 66.3 Å². The predicted octanol–water partition coefficient (Wildman–Crippen LogP) is 4.96. The standard InChI is InChI=1S/C40H48BrN3O7/c1-5-15-25(2)43-21-14-8-13-20-31(46)42(4)26(3)34(28-18-11-7-12-19-28)50-39(49)32-33-37(47)44(29(24-45)22-27-16-9-6-10-17-27)36(38(43)48)40(33)23-30(41)35(32)51-40/h6-12,14,16-19,23,25-26,29,32-36,45H,5,13,15,20-22,24H2,1-4H3/b14-8-/t25?,26-,29+,32+,33-,34+,35+,36+,40-/m0/s1. The van der Waals surface area contributed by atoms with Crippen LogP contribution in [0, 0.1) is 11.8 Å². The molecule has 2 aromatic rings. The van der Waals surface area contributed by atoms with Crippen molar-refractivity contribution in [3.8, 4) is 0 Å². The molecule has 4 aliphatic rings. The molecule has 51 heavy (non-hydrogen) atoms.